The number of ether oxygens (including phenoxy) is 1. The largest absolute Gasteiger partial charge is 0.472 e. The summed E-state index contributed by atoms with van der Waals surface area (Å²) in [5.41, 5.74) is 0. The van der Waals surface area contributed by atoms with Crippen LogP contribution in [0.5, 0.6) is 0 Å². The third-order valence-corrected chi connectivity index (χ3v) is 3.35. The quantitative estimate of drug-likeness (QED) is 0.379. The number of phosphoric ester groups is 1. The lowest BCUT2D eigenvalue weighted by atomic mass is 9.95. The van der Waals surface area contributed by atoms with Gasteiger partial charge in [0.05, 0.1) is 12.1 Å². The molecule has 11 heteroatoms. The van der Waals surface area contributed by atoms with Gasteiger partial charge >= 0.3 is 7.82 Å². The zero-order valence-electron chi connectivity index (χ0n) is 11.7. The number of phosphoric acid groups is 1. The molecule has 10 nitrogen and oxygen atoms in total. The highest BCUT2D eigenvalue weighted by Gasteiger charge is 2.47. The van der Waals surface area contributed by atoms with Crippen molar-refractivity contribution in [3.05, 3.63) is 0 Å². The molecule has 1 unspecified atom stereocenters. The van der Waals surface area contributed by atoms with Crippen molar-refractivity contribution in [1.29, 1.82) is 0 Å². The van der Waals surface area contributed by atoms with E-state index in [-0.39, 0.29) is 0 Å². The van der Waals surface area contributed by atoms with Crippen LogP contribution in [-0.4, -0.2) is 57.3 Å². The fraction of sp³-hybridized carbons (Fsp3) is 0.800. The predicted molar refractivity (Wildman–Crippen MR) is 68.7 cm³/mol. The van der Waals surface area contributed by atoms with Gasteiger partial charge in [-0.3, -0.25) is 14.1 Å². The van der Waals surface area contributed by atoms with Crippen LogP contribution in [0.4, 0.5) is 0 Å². The van der Waals surface area contributed by atoms with Crippen molar-refractivity contribution in [3.63, 3.8) is 0 Å². The van der Waals surface area contributed by atoms with Gasteiger partial charge < -0.3 is 30.3 Å². The first-order valence-corrected chi connectivity index (χ1v) is 7.66. The number of amides is 2. The van der Waals surface area contributed by atoms with Gasteiger partial charge in [-0.15, -0.1) is 0 Å². The maximum absolute atomic E-state index is 11.2. The zero-order valence-corrected chi connectivity index (χ0v) is 12.6. The first-order chi connectivity index (χ1) is 9.51. The average molecular weight is 326 g/mol. The van der Waals surface area contributed by atoms with E-state index in [4.69, 9.17) is 14.5 Å². The predicted octanol–water partition coefficient (Wildman–Crippen LogP) is -1.79. The number of aliphatic hydroxyl groups excluding tert-OH is 1. The Hall–Kier alpha value is -1.03. The molecule has 21 heavy (non-hydrogen) atoms. The molecule has 0 bridgehead atoms. The summed E-state index contributed by atoms with van der Waals surface area (Å²) in [5, 5.41) is 15.0. The topological polar surface area (TPSA) is 154 Å². The van der Waals surface area contributed by atoms with Crippen LogP contribution in [0.15, 0.2) is 0 Å². The lowest BCUT2D eigenvalue weighted by Crippen LogP contribution is -2.67. The van der Waals surface area contributed by atoms with E-state index >= 15 is 0 Å². The van der Waals surface area contributed by atoms with Crippen LogP contribution in [-0.2, 0) is 23.4 Å². The van der Waals surface area contributed by atoms with Crippen molar-refractivity contribution >= 4 is 19.6 Å². The molecule has 0 aliphatic carbocycles. The molecule has 1 rings (SSSR count). The summed E-state index contributed by atoms with van der Waals surface area (Å²) in [6.07, 6.45) is -3.69. The van der Waals surface area contributed by atoms with Gasteiger partial charge in [0.25, 0.3) is 0 Å². The average Bonchev–Trinajstić information content (AvgIpc) is 2.27. The van der Waals surface area contributed by atoms with Crippen LogP contribution in [0.2, 0.25) is 0 Å². The summed E-state index contributed by atoms with van der Waals surface area (Å²) in [6.45, 7) is 3.89. The molecule has 0 saturated carbocycles. The van der Waals surface area contributed by atoms with Gasteiger partial charge in [-0.25, -0.2) is 4.57 Å². The maximum atomic E-state index is 11.2. The Morgan fingerprint density at radius 3 is 2.05 bits per heavy atom. The number of carbonyl (C=O) groups is 2. The van der Waals surface area contributed by atoms with Crippen molar-refractivity contribution in [2.45, 2.75) is 51.4 Å². The summed E-state index contributed by atoms with van der Waals surface area (Å²) in [4.78, 5) is 40.0. The fourth-order valence-electron chi connectivity index (χ4n) is 2.09. The van der Waals surface area contributed by atoms with E-state index in [0.717, 1.165) is 6.92 Å². The van der Waals surface area contributed by atoms with Crippen LogP contribution < -0.4 is 10.6 Å². The third kappa shape index (κ3) is 5.34. The highest BCUT2D eigenvalue weighted by molar-refractivity contribution is 7.46. The van der Waals surface area contributed by atoms with E-state index < -0.39 is 50.2 Å². The SMILES string of the molecule is CC(=O)N[C@H]1[C@H](O)[C@@H](NC(C)=O)C(OP(=O)(O)O)O[C@@H]1C. The van der Waals surface area contributed by atoms with Crippen molar-refractivity contribution in [3.8, 4) is 0 Å². The van der Waals surface area contributed by atoms with E-state index in [1.807, 2.05) is 0 Å². The van der Waals surface area contributed by atoms with Gasteiger partial charge in [0.1, 0.15) is 12.1 Å². The van der Waals surface area contributed by atoms with E-state index in [9.17, 15) is 19.3 Å². The molecule has 122 valence electrons. The van der Waals surface area contributed by atoms with Gasteiger partial charge in [0.2, 0.25) is 11.8 Å². The first-order valence-electron chi connectivity index (χ1n) is 6.13. The Balaban J connectivity index is 2.97. The van der Waals surface area contributed by atoms with Gasteiger partial charge in [-0.1, -0.05) is 0 Å². The minimum Gasteiger partial charge on any atom is -0.389 e. The Labute approximate surface area is 121 Å². The standard InChI is InChI=1S/C10H19N2O8P/c1-4-7(11-5(2)13)9(15)8(12-6(3)14)10(19-4)20-21(16,17)18/h4,7-10,15H,1-3H3,(H,11,13)(H,12,14)(H2,16,17,18)/t4-,7-,8-,9+,10?/m1/s1. The smallest absolute Gasteiger partial charge is 0.389 e. The van der Waals surface area contributed by atoms with E-state index in [1.165, 1.54) is 13.8 Å². The van der Waals surface area contributed by atoms with E-state index in [1.54, 1.807) is 0 Å². The van der Waals surface area contributed by atoms with E-state index in [0.29, 0.717) is 0 Å². The van der Waals surface area contributed by atoms with Crippen molar-refractivity contribution in [1.82, 2.24) is 10.6 Å². The first kappa shape index (κ1) is 18.0. The molecule has 2 amide bonds. The number of hydrogen-bond donors (Lipinski definition) is 5. The molecule has 1 aliphatic heterocycles. The molecule has 1 fully saturated rings. The zero-order chi connectivity index (χ0) is 16.4. The molecule has 5 atom stereocenters. The normalized spacial score (nSPS) is 33.3. The van der Waals surface area contributed by atoms with E-state index in [2.05, 4.69) is 15.2 Å². The molecular weight excluding hydrogens is 307 g/mol. The molecule has 1 aliphatic rings. The number of hydrogen-bond acceptors (Lipinski definition) is 6. The second kappa shape index (κ2) is 6.82. The summed E-state index contributed by atoms with van der Waals surface area (Å²) >= 11 is 0. The molecule has 5 N–H and O–H groups in total. The summed E-state index contributed by atoms with van der Waals surface area (Å²) in [7, 11) is -4.89. The van der Waals surface area contributed by atoms with Crippen LogP contribution >= 0.6 is 7.82 Å². The van der Waals surface area contributed by atoms with Crippen LogP contribution in [0.3, 0.4) is 0 Å². The summed E-state index contributed by atoms with van der Waals surface area (Å²) in [5.74, 6) is -0.983. The highest BCUT2D eigenvalue weighted by atomic mass is 31.2. The molecular formula is C10H19N2O8P. The number of aliphatic hydroxyl groups is 1. The van der Waals surface area contributed by atoms with Crippen molar-refractivity contribution in [2.24, 2.45) is 0 Å². The molecule has 1 saturated heterocycles. The van der Waals surface area contributed by atoms with Gasteiger partial charge in [-0.2, -0.15) is 0 Å². The fourth-order valence-corrected chi connectivity index (χ4v) is 2.55. The number of nitrogens with one attached hydrogen (secondary N) is 2. The van der Waals surface area contributed by atoms with Crippen molar-refractivity contribution in [2.75, 3.05) is 0 Å². The van der Waals surface area contributed by atoms with Gasteiger partial charge in [-0.05, 0) is 6.92 Å². The Kier molecular flexibility index (Phi) is 5.85. The monoisotopic (exact) mass is 326 g/mol. The van der Waals surface area contributed by atoms with Gasteiger partial charge in [0, 0.05) is 13.8 Å². The molecule has 1 heterocycles. The Morgan fingerprint density at radius 2 is 1.62 bits per heavy atom. The number of carbonyl (C=O) groups excluding carboxylic acids is 2. The second-order valence-corrected chi connectivity index (χ2v) is 5.94. The minimum absolute atomic E-state index is 0.426. The Bertz CT molecular complexity index is 452. The summed E-state index contributed by atoms with van der Waals surface area (Å²) < 4.78 is 20.6. The second-order valence-electron chi connectivity index (χ2n) is 4.75. The molecule has 0 aromatic carbocycles. The highest BCUT2D eigenvalue weighted by Crippen LogP contribution is 2.40. The van der Waals surface area contributed by atoms with Gasteiger partial charge in [0.15, 0.2) is 6.29 Å². The molecule has 0 aromatic rings. The van der Waals surface area contributed by atoms with Crippen LogP contribution in [0, 0.1) is 0 Å². The van der Waals surface area contributed by atoms with Crippen LogP contribution in [0.1, 0.15) is 20.8 Å². The summed E-state index contributed by atoms with van der Waals surface area (Å²) in [6, 6.07) is -2.11. The maximum Gasteiger partial charge on any atom is 0.472 e. The minimum atomic E-state index is -4.89. The lowest BCUT2D eigenvalue weighted by Gasteiger charge is -2.43. The number of rotatable bonds is 4. The van der Waals surface area contributed by atoms with Crippen LogP contribution in [0.25, 0.3) is 0 Å². The molecule has 0 radical (unpaired) electrons. The van der Waals surface area contributed by atoms with Crippen molar-refractivity contribution < 1.29 is 38.3 Å². The third-order valence-electron chi connectivity index (χ3n) is 2.86. The molecule has 0 aromatic heterocycles. The molecule has 0 spiro atoms. The lowest BCUT2D eigenvalue weighted by molar-refractivity contribution is -0.208. The Morgan fingerprint density at radius 1 is 1.14 bits per heavy atom.